The van der Waals surface area contributed by atoms with Gasteiger partial charge in [0.1, 0.15) is 0 Å². The van der Waals surface area contributed by atoms with Crippen LogP contribution in [-0.2, 0) is 4.79 Å². The predicted octanol–water partition coefficient (Wildman–Crippen LogP) is 3.50. The third kappa shape index (κ3) is 11.3. The molecule has 0 radical (unpaired) electrons. The second-order valence-electron chi connectivity index (χ2n) is 6.97. The molecule has 2 atom stereocenters. The van der Waals surface area contributed by atoms with E-state index < -0.39 is 0 Å². The number of carbonyl (C=O) groups excluding carboxylic acids is 1. The molecule has 0 aliphatic heterocycles. The van der Waals surface area contributed by atoms with Crippen LogP contribution in [0, 0.1) is 11.3 Å². The number of rotatable bonds is 7. The molecule has 4 heteroatoms. The van der Waals surface area contributed by atoms with E-state index in [-0.39, 0.29) is 35.8 Å². The van der Waals surface area contributed by atoms with Gasteiger partial charge < -0.3 is 11.1 Å². The summed E-state index contributed by atoms with van der Waals surface area (Å²) in [7, 11) is 0. The van der Waals surface area contributed by atoms with Crippen molar-refractivity contribution < 1.29 is 4.79 Å². The van der Waals surface area contributed by atoms with Crippen molar-refractivity contribution in [3.8, 4) is 0 Å². The second-order valence-corrected chi connectivity index (χ2v) is 6.97. The smallest absolute Gasteiger partial charge is 0.220 e. The number of nitrogens with one attached hydrogen (secondary N) is 1. The first kappa shape index (κ1) is 21.0. The average Bonchev–Trinajstić information content (AvgIpc) is 2.19. The zero-order chi connectivity index (χ0) is 14.3. The Morgan fingerprint density at radius 2 is 1.63 bits per heavy atom. The van der Waals surface area contributed by atoms with Crippen LogP contribution in [0.4, 0.5) is 0 Å². The summed E-state index contributed by atoms with van der Waals surface area (Å²) in [4.78, 5) is 11.9. The molecule has 0 bridgehead atoms. The summed E-state index contributed by atoms with van der Waals surface area (Å²) in [5.74, 6) is 0.812. The Balaban J connectivity index is 0. The second kappa shape index (κ2) is 9.60. The first-order chi connectivity index (χ1) is 8.12. The van der Waals surface area contributed by atoms with E-state index in [1.165, 1.54) is 0 Å². The minimum Gasteiger partial charge on any atom is -0.353 e. The highest BCUT2D eigenvalue weighted by molar-refractivity contribution is 5.85. The van der Waals surface area contributed by atoms with Gasteiger partial charge in [-0.05, 0) is 37.5 Å². The van der Waals surface area contributed by atoms with Gasteiger partial charge >= 0.3 is 0 Å². The van der Waals surface area contributed by atoms with Gasteiger partial charge in [0.25, 0.3) is 0 Å². The highest BCUT2D eigenvalue weighted by atomic mass is 35.5. The van der Waals surface area contributed by atoms with Gasteiger partial charge in [-0.25, -0.2) is 0 Å². The Morgan fingerprint density at radius 3 is 2.00 bits per heavy atom. The van der Waals surface area contributed by atoms with Gasteiger partial charge in [0.05, 0.1) is 0 Å². The molecule has 0 aromatic rings. The lowest BCUT2D eigenvalue weighted by atomic mass is 9.82. The summed E-state index contributed by atoms with van der Waals surface area (Å²) >= 11 is 0. The zero-order valence-corrected chi connectivity index (χ0v) is 14.3. The van der Waals surface area contributed by atoms with E-state index in [1.54, 1.807) is 0 Å². The van der Waals surface area contributed by atoms with Crippen molar-refractivity contribution in [3.63, 3.8) is 0 Å². The van der Waals surface area contributed by atoms with Crippen molar-refractivity contribution in [3.05, 3.63) is 0 Å². The van der Waals surface area contributed by atoms with Gasteiger partial charge in [-0.1, -0.05) is 34.6 Å². The van der Waals surface area contributed by atoms with Crippen molar-refractivity contribution in [2.24, 2.45) is 17.1 Å². The van der Waals surface area contributed by atoms with Gasteiger partial charge in [0, 0.05) is 18.5 Å². The largest absolute Gasteiger partial charge is 0.353 e. The molecule has 3 nitrogen and oxygen atoms in total. The number of hydrogen-bond acceptors (Lipinski definition) is 2. The molecule has 0 saturated carbocycles. The van der Waals surface area contributed by atoms with E-state index in [2.05, 4.69) is 39.9 Å². The predicted molar refractivity (Wildman–Crippen MR) is 85.6 cm³/mol. The van der Waals surface area contributed by atoms with E-state index in [9.17, 15) is 4.79 Å². The minimum atomic E-state index is 0. The van der Waals surface area contributed by atoms with E-state index >= 15 is 0 Å². The molecule has 116 valence electrons. The summed E-state index contributed by atoms with van der Waals surface area (Å²) in [6.07, 6.45) is 3.49. The summed E-state index contributed by atoms with van der Waals surface area (Å²) in [6.45, 7) is 12.9. The van der Waals surface area contributed by atoms with Crippen LogP contribution in [0.15, 0.2) is 0 Å². The summed E-state index contributed by atoms with van der Waals surface area (Å²) < 4.78 is 0. The highest BCUT2D eigenvalue weighted by Gasteiger charge is 2.25. The quantitative estimate of drug-likeness (QED) is 0.754. The van der Waals surface area contributed by atoms with E-state index in [0.29, 0.717) is 12.3 Å². The highest BCUT2D eigenvalue weighted by Crippen LogP contribution is 2.24. The molecule has 3 N–H and O–H groups in total. The molecular formula is C15H33ClN2O. The first-order valence-electron chi connectivity index (χ1n) is 7.18. The molecule has 19 heavy (non-hydrogen) atoms. The lowest BCUT2D eigenvalue weighted by Gasteiger charge is -2.32. The Labute approximate surface area is 125 Å². The standard InChI is InChI=1S/C15H32N2O.ClH/c1-11(2)7-9-13(15(4,5)6)17-14(18)10-8-12(3)16;/h11-13H,7-10,16H2,1-6H3,(H,17,18);1H. The van der Waals surface area contributed by atoms with Gasteiger partial charge in [0.2, 0.25) is 5.91 Å². The van der Waals surface area contributed by atoms with E-state index in [4.69, 9.17) is 5.73 Å². The van der Waals surface area contributed by atoms with Crippen molar-refractivity contribution >= 4 is 18.3 Å². The Kier molecular flexibility index (Phi) is 10.6. The summed E-state index contributed by atoms with van der Waals surface area (Å²) in [6, 6.07) is 0.347. The molecule has 0 spiro atoms. The Morgan fingerprint density at radius 1 is 1.11 bits per heavy atom. The zero-order valence-electron chi connectivity index (χ0n) is 13.5. The number of amides is 1. The number of halogens is 1. The lowest BCUT2D eigenvalue weighted by molar-refractivity contribution is -0.122. The molecule has 0 aliphatic carbocycles. The van der Waals surface area contributed by atoms with Crippen LogP contribution >= 0.6 is 12.4 Å². The van der Waals surface area contributed by atoms with Crippen LogP contribution in [0.2, 0.25) is 0 Å². The van der Waals surface area contributed by atoms with Crippen LogP contribution < -0.4 is 11.1 Å². The summed E-state index contributed by atoms with van der Waals surface area (Å²) in [5, 5.41) is 3.17. The maximum absolute atomic E-state index is 11.9. The van der Waals surface area contributed by atoms with Crippen molar-refractivity contribution in [1.82, 2.24) is 5.32 Å². The number of hydrogen-bond donors (Lipinski definition) is 2. The van der Waals surface area contributed by atoms with Crippen LogP contribution in [0.3, 0.4) is 0 Å². The van der Waals surface area contributed by atoms with Gasteiger partial charge in [-0.2, -0.15) is 0 Å². The van der Waals surface area contributed by atoms with Gasteiger partial charge in [0.15, 0.2) is 0 Å². The normalized spacial score (nSPS) is 14.7. The number of nitrogens with two attached hydrogens (primary N) is 1. The molecule has 0 aromatic carbocycles. The van der Waals surface area contributed by atoms with Crippen LogP contribution in [0.5, 0.6) is 0 Å². The lowest BCUT2D eigenvalue weighted by Crippen LogP contribution is -2.44. The first-order valence-corrected chi connectivity index (χ1v) is 7.18. The molecule has 0 rings (SSSR count). The fourth-order valence-electron chi connectivity index (χ4n) is 1.85. The molecule has 0 aromatic heterocycles. The summed E-state index contributed by atoms with van der Waals surface area (Å²) in [5.41, 5.74) is 5.79. The maximum Gasteiger partial charge on any atom is 0.220 e. The third-order valence-electron chi connectivity index (χ3n) is 3.24. The van der Waals surface area contributed by atoms with Crippen molar-refractivity contribution in [1.29, 1.82) is 0 Å². The van der Waals surface area contributed by atoms with Crippen LogP contribution in [0.1, 0.15) is 67.2 Å². The van der Waals surface area contributed by atoms with Crippen molar-refractivity contribution in [2.75, 3.05) is 0 Å². The Bertz CT molecular complexity index is 247. The van der Waals surface area contributed by atoms with Crippen LogP contribution in [-0.4, -0.2) is 18.0 Å². The van der Waals surface area contributed by atoms with Crippen LogP contribution in [0.25, 0.3) is 0 Å². The van der Waals surface area contributed by atoms with Gasteiger partial charge in [-0.15, -0.1) is 12.4 Å². The molecule has 0 aliphatic rings. The third-order valence-corrected chi connectivity index (χ3v) is 3.24. The molecule has 0 saturated heterocycles. The van der Waals surface area contributed by atoms with Gasteiger partial charge in [-0.3, -0.25) is 4.79 Å². The molecule has 1 amide bonds. The van der Waals surface area contributed by atoms with E-state index in [0.717, 1.165) is 19.3 Å². The van der Waals surface area contributed by atoms with E-state index in [1.807, 2.05) is 6.92 Å². The molecule has 0 fully saturated rings. The fraction of sp³-hybridized carbons (Fsp3) is 0.933. The molecular weight excluding hydrogens is 260 g/mol. The Hall–Kier alpha value is -0.280. The minimum absolute atomic E-state index is 0. The maximum atomic E-state index is 11.9. The average molecular weight is 293 g/mol. The number of carbonyl (C=O) groups is 1. The molecule has 0 heterocycles. The van der Waals surface area contributed by atoms with Crippen molar-refractivity contribution in [2.45, 2.75) is 79.3 Å². The fourth-order valence-corrected chi connectivity index (χ4v) is 1.85. The monoisotopic (exact) mass is 292 g/mol. The molecule has 2 unspecified atom stereocenters. The SMILES string of the molecule is CC(C)CCC(NC(=O)CCC(C)N)C(C)(C)C.Cl. The topological polar surface area (TPSA) is 55.1 Å².